The van der Waals surface area contributed by atoms with Crippen LogP contribution in [0.5, 0.6) is 0 Å². The van der Waals surface area contributed by atoms with Gasteiger partial charge in [0.25, 0.3) is 0 Å². The van der Waals surface area contributed by atoms with E-state index < -0.39 is 15.8 Å². The Bertz CT molecular complexity index is 600. The van der Waals surface area contributed by atoms with Crippen LogP contribution in [0.3, 0.4) is 0 Å². The lowest BCUT2D eigenvalue weighted by atomic mass is 10.1. The molecular formula is C13H17NO4S2. The van der Waals surface area contributed by atoms with Crippen molar-refractivity contribution < 1.29 is 18.3 Å². The summed E-state index contributed by atoms with van der Waals surface area (Å²) in [6.45, 7) is 0.662. The number of benzene rings is 1. The molecule has 1 aromatic rings. The second-order valence-corrected chi connectivity index (χ2v) is 7.89. The fourth-order valence-electron chi connectivity index (χ4n) is 2.35. The zero-order valence-corrected chi connectivity index (χ0v) is 12.8. The summed E-state index contributed by atoms with van der Waals surface area (Å²) in [4.78, 5) is 13.2. The summed E-state index contributed by atoms with van der Waals surface area (Å²) >= 11 is 1.70. The van der Waals surface area contributed by atoms with Crippen molar-refractivity contribution in [2.75, 3.05) is 29.2 Å². The molecule has 0 spiro atoms. The molecule has 110 valence electrons. The van der Waals surface area contributed by atoms with Gasteiger partial charge in [0.05, 0.1) is 17.0 Å². The molecule has 0 radical (unpaired) electrons. The molecule has 5 nitrogen and oxygen atoms in total. The summed E-state index contributed by atoms with van der Waals surface area (Å²) in [5.74, 6) is 0.706. The maximum atomic E-state index is 11.9. The van der Waals surface area contributed by atoms with Gasteiger partial charge in [0, 0.05) is 30.3 Å². The molecule has 1 N–H and O–H groups in total. The Morgan fingerprint density at radius 3 is 2.80 bits per heavy atom. The van der Waals surface area contributed by atoms with E-state index in [1.807, 2.05) is 4.90 Å². The Morgan fingerprint density at radius 2 is 2.15 bits per heavy atom. The Balaban J connectivity index is 2.40. The van der Waals surface area contributed by atoms with E-state index in [-0.39, 0.29) is 17.4 Å². The number of sulfone groups is 1. The molecule has 0 saturated carbocycles. The van der Waals surface area contributed by atoms with Crippen molar-refractivity contribution in [1.82, 2.24) is 0 Å². The van der Waals surface area contributed by atoms with Crippen LogP contribution in [0.1, 0.15) is 6.42 Å². The first-order valence-electron chi connectivity index (χ1n) is 6.25. The van der Waals surface area contributed by atoms with Crippen LogP contribution in [0, 0.1) is 0 Å². The molecule has 7 heteroatoms. The highest BCUT2D eigenvalue weighted by Crippen LogP contribution is 2.31. The van der Waals surface area contributed by atoms with Crippen LogP contribution in [0.4, 0.5) is 5.69 Å². The Hall–Kier alpha value is -1.21. The Morgan fingerprint density at radius 1 is 1.45 bits per heavy atom. The lowest BCUT2D eigenvalue weighted by molar-refractivity contribution is -0.137. The van der Waals surface area contributed by atoms with Gasteiger partial charge in [-0.15, -0.1) is 0 Å². The van der Waals surface area contributed by atoms with E-state index in [0.29, 0.717) is 18.0 Å². The van der Waals surface area contributed by atoms with E-state index in [9.17, 15) is 13.2 Å². The van der Waals surface area contributed by atoms with Gasteiger partial charge >= 0.3 is 5.97 Å². The molecule has 0 aromatic heterocycles. The first kappa shape index (κ1) is 15.2. The largest absolute Gasteiger partial charge is 0.481 e. The quantitative estimate of drug-likeness (QED) is 0.907. The molecule has 20 heavy (non-hydrogen) atoms. The number of carbonyl (C=O) groups is 1. The number of thioether (sulfide) groups is 1. The lowest BCUT2D eigenvalue weighted by Crippen LogP contribution is -2.44. The van der Waals surface area contributed by atoms with Gasteiger partial charge in [-0.1, -0.05) is 12.1 Å². The number of hydrogen-bond donors (Lipinski definition) is 1. The van der Waals surface area contributed by atoms with Crippen molar-refractivity contribution in [1.29, 1.82) is 0 Å². The van der Waals surface area contributed by atoms with Crippen molar-refractivity contribution >= 4 is 33.3 Å². The highest BCUT2D eigenvalue weighted by atomic mass is 32.2. The first-order chi connectivity index (χ1) is 9.39. The summed E-state index contributed by atoms with van der Waals surface area (Å²) in [6, 6.07) is 6.62. The zero-order valence-electron chi connectivity index (χ0n) is 11.2. The fourth-order valence-corrected chi connectivity index (χ4v) is 4.30. The van der Waals surface area contributed by atoms with Crippen molar-refractivity contribution in [2.24, 2.45) is 0 Å². The highest BCUT2D eigenvalue weighted by molar-refractivity contribution is 7.99. The molecule has 1 unspecified atom stereocenters. The fraction of sp³-hybridized carbons (Fsp3) is 0.462. The maximum absolute atomic E-state index is 11.9. The van der Waals surface area contributed by atoms with E-state index in [1.165, 1.54) is 6.26 Å². The van der Waals surface area contributed by atoms with Gasteiger partial charge in [0.2, 0.25) is 0 Å². The predicted octanol–water partition coefficient (Wildman–Crippen LogP) is 1.49. The van der Waals surface area contributed by atoms with Crippen LogP contribution in [0.25, 0.3) is 0 Å². The molecule has 1 atom stereocenters. The molecule has 1 aliphatic rings. The second kappa shape index (κ2) is 6.05. The number of rotatable bonds is 4. The van der Waals surface area contributed by atoms with Gasteiger partial charge in [-0.05, 0) is 12.1 Å². The zero-order chi connectivity index (χ0) is 14.8. The summed E-state index contributed by atoms with van der Waals surface area (Å²) < 4.78 is 23.8. The molecule has 1 aromatic carbocycles. The van der Waals surface area contributed by atoms with Crippen molar-refractivity contribution in [2.45, 2.75) is 17.4 Å². The molecule has 0 bridgehead atoms. The van der Waals surface area contributed by atoms with E-state index in [1.54, 1.807) is 36.0 Å². The van der Waals surface area contributed by atoms with E-state index >= 15 is 0 Å². The number of aliphatic carboxylic acids is 1. The standard InChI is InChI=1S/C13H17NO4S2/c1-20(17,18)12-5-3-2-4-11(12)14-6-7-19-9-10(14)8-13(15)16/h2-5,10H,6-9H2,1H3,(H,15,16). The smallest absolute Gasteiger partial charge is 0.305 e. The van der Waals surface area contributed by atoms with Gasteiger partial charge in [-0.3, -0.25) is 4.79 Å². The van der Waals surface area contributed by atoms with Crippen LogP contribution in [-0.4, -0.2) is 49.8 Å². The average molecular weight is 315 g/mol. The third kappa shape index (κ3) is 3.46. The molecular weight excluding hydrogens is 298 g/mol. The molecule has 1 heterocycles. The van der Waals surface area contributed by atoms with Crippen LogP contribution in [-0.2, 0) is 14.6 Å². The number of anilines is 1. The number of carboxylic acids is 1. The van der Waals surface area contributed by atoms with Crippen LogP contribution in [0.15, 0.2) is 29.2 Å². The lowest BCUT2D eigenvalue weighted by Gasteiger charge is -2.37. The topological polar surface area (TPSA) is 74.7 Å². The van der Waals surface area contributed by atoms with Crippen molar-refractivity contribution in [3.63, 3.8) is 0 Å². The normalized spacial score (nSPS) is 19.9. The molecule has 0 amide bonds. The van der Waals surface area contributed by atoms with E-state index in [0.717, 1.165) is 5.75 Å². The van der Waals surface area contributed by atoms with E-state index in [4.69, 9.17) is 5.11 Å². The van der Waals surface area contributed by atoms with Crippen LogP contribution >= 0.6 is 11.8 Å². The summed E-state index contributed by atoms with van der Waals surface area (Å²) in [6.07, 6.45) is 1.20. The van der Waals surface area contributed by atoms with Gasteiger partial charge in [-0.25, -0.2) is 8.42 Å². The maximum Gasteiger partial charge on any atom is 0.305 e. The van der Waals surface area contributed by atoms with Gasteiger partial charge < -0.3 is 10.0 Å². The molecule has 1 aliphatic heterocycles. The van der Waals surface area contributed by atoms with E-state index in [2.05, 4.69) is 0 Å². The first-order valence-corrected chi connectivity index (χ1v) is 9.29. The Kier molecular flexibility index (Phi) is 4.59. The molecule has 1 fully saturated rings. The minimum absolute atomic E-state index is 0.0189. The Labute approximate surface area is 122 Å². The monoisotopic (exact) mass is 315 g/mol. The number of nitrogens with zero attached hydrogens (tertiary/aromatic N) is 1. The van der Waals surface area contributed by atoms with Crippen LogP contribution < -0.4 is 4.90 Å². The highest BCUT2D eigenvalue weighted by Gasteiger charge is 2.28. The summed E-state index contributed by atoms with van der Waals surface area (Å²) in [5, 5.41) is 9.01. The van der Waals surface area contributed by atoms with Gasteiger partial charge in [-0.2, -0.15) is 11.8 Å². The summed E-state index contributed by atoms with van der Waals surface area (Å²) in [5.41, 5.74) is 0.613. The third-order valence-corrected chi connectivity index (χ3v) is 5.45. The second-order valence-electron chi connectivity index (χ2n) is 4.76. The number of para-hydroxylation sites is 1. The minimum atomic E-state index is -3.33. The molecule has 0 aliphatic carbocycles. The van der Waals surface area contributed by atoms with Crippen molar-refractivity contribution in [3.8, 4) is 0 Å². The summed E-state index contributed by atoms with van der Waals surface area (Å²) in [7, 11) is -3.33. The van der Waals surface area contributed by atoms with Gasteiger partial charge in [0.15, 0.2) is 9.84 Å². The van der Waals surface area contributed by atoms with Crippen LogP contribution in [0.2, 0.25) is 0 Å². The molecule has 1 saturated heterocycles. The molecule has 2 rings (SSSR count). The predicted molar refractivity (Wildman–Crippen MR) is 80.3 cm³/mol. The minimum Gasteiger partial charge on any atom is -0.481 e. The third-order valence-electron chi connectivity index (χ3n) is 3.21. The van der Waals surface area contributed by atoms with Gasteiger partial charge in [0.1, 0.15) is 0 Å². The SMILES string of the molecule is CS(=O)(=O)c1ccccc1N1CCSCC1CC(=O)O. The average Bonchev–Trinajstić information content (AvgIpc) is 2.38. The number of carboxylic acid groups (broad SMARTS) is 1. The number of hydrogen-bond acceptors (Lipinski definition) is 5. The van der Waals surface area contributed by atoms with Crippen molar-refractivity contribution in [3.05, 3.63) is 24.3 Å².